The Kier molecular flexibility index (Phi) is 6.81. The van der Waals surface area contributed by atoms with E-state index in [1.165, 1.54) is 12.1 Å². The molecule has 1 aromatic carbocycles. The number of hydrogen-bond donors (Lipinski definition) is 1. The molecule has 0 radical (unpaired) electrons. The molecule has 1 saturated heterocycles. The van der Waals surface area contributed by atoms with Crippen LogP contribution in [0.1, 0.15) is 55.3 Å². The summed E-state index contributed by atoms with van der Waals surface area (Å²) in [5.74, 6) is -1.01. The van der Waals surface area contributed by atoms with Crippen LogP contribution < -0.4 is 15.0 Å². The van der Waals surface area contributed by atoms with Crippen LogP contribution in [0.3, 0.4) is 0 Å². The molecule has 1 aliphatic heterocycles. The molecular weight excluding hydrogens is 442 g/mol. The topological polar surface area (TPSA) is 67.6 Å². The van der Waals surface area contributed by atoms with Gasteiger partial charge in [-0.3, -0.25) is 4.79 Å². The van der Waals surface area contributed by atoms with Gasteiger partial charge in [-0.25, -0.2) is 4.39 Å². The minimum Gasteiger partial charge on any atom is -0.490 e. The number of aromatic nitrogens is 1. The van der Waals surface area contributed by atoms with Crippen molar-refractivity contribution in [2.24, 2.45) is 11.8 Å². The van der Waals surface area contributed by atoms with E-state index in [1.807, 2.05) is 0 Å². The lowest BCUT2D eigenvalue weighted by molar-refractivity contribution is -0.130. The number of rotatable bonds is 7. The van der Waals surface area contributed by atoms with Gasteiger partial charge in [0.25, 0.3) is 11.9 Å². The standard InChI is InChI=1S/C23H27F4N3O3/c1-14-4-5-15(10-14)13-32-18-7-6-16(11-17(18)24)28-21(31)20-19(12-23(25,26)27)33-22(29-20)30-8-2-3-9-30/h6-7,11,14-15H,2-5,8-10,12-13H2,1H3,(H,28,31). The van der Waals surface area contributed by atoms with Crippen molar-refractivity contribution in [3.05, 3.63) is 35.5 Å². The van der Waals surface area contributed by atoms with Gasteiger partial charge in [-0.05, 0) is 49.7 Å². The Balaban J connectivity index is 1.45. The van der Waals surface area contributed by atoms with Gasteiger partial charge in [0.05, 0.1) is 6.61 Å². The molecule has 1 saturated carbocycles. The predicted octanol–water partition coefficient (Wildman–Crippen LogP) is 5.59. The quantitative estimate of drug-likeness (QED) is 0.536. The lowest BCUT2D eigenvalue weighted by atomic mass is 10.1. The van der Waals surface area contributed by atoms with Crippen LogP contribution in [0.15, 0.2) is 22.6 Å². The number of oxazole rings is 1. The SMILES string of the molecule is CC1CCC(COc2ccc(NC(=O)c3nc(N4CCCC4)oc3CC(F)(F)F)cc2F)C1. The molecular formula is C23H27F4N3O3. The van der Waals surface area contributed by atoms with E-state index in [4.69, 9.17) is 9.15 Å². The van der Waals surface area contributed by atoms with Gasteiger partial charge in [0.15, 0.2) is 17.3 Å². The summed E-state index contributed by atoms with van der Waals surface area (Å²) >= 11 is 0. The molecule has 0 spiro atoms. The minimum absolute atomic E-state index is 0.00643. The summed E-state index contributed by atoms with van der Waals surface area (Å²) in [4.78, 5) is 18.4. The van der Waals surface area contributed by atoms with Crippen LogP contribution in [-0.4, -0.2) is 36.8 Å². The average molecular weight is 469 g/mol. The summed E-state index contributed by atoms with van der Waals surface area (Å²) in [6, 6.07) is 3.92. The second-order valence-corrected chi connectivity index (χ2v) is 8.95. The Bertz CT molecular complexity index is 986. The van der Waals surface area contributed by atoms with Gasteiger partial charge in [0, 0.05) is 24.8 Å². The molecule has 2 fully saturated rings. The van der Waals surface area contributed by atoms with Crippen molar-refractivity contribution in [3.8, 4) is 5.75 Å². The molecule has 2 unspecified atom stereocenters. The number of benzene rings is 1. The monoisotopic (exact) mass is 469 g/mol. The number of nitrogens with one attached hydrogen (secondary N) is 1. The van der Waals surface area contributed by atoms with Crippen molar-refractivity contribution in [2.45, 2.75) is 51.6 Å². The molecule has 4 rings (SSSR count). The average Bonchev–Trinajstić information content (AvgIpc) is 3.47. The molecule has 180 valence electrons. The maximum atomic E-state index is 14.5. The second kappa shape index (κ2) is 9.61. The summed E-state index contributed by atoms with van der Waals surface area (Å²) in [6.45, 7) is 3.80. The van der Waals surface area contributed by atoms with Crippen molar-refractivity contribution in [2.75, 3.05) is 29.9 Å². The van der Waals surface area contributed by atoms with Crippen LogP contribution in [0.4, 0.5) is 29.3 Å². The Morgan fingerprint density at radius 1 is 1.27 bits per heavy atom. The molecule has 1 aliphatic carbocycles. The molecule has 10 heteroatoms. The smallest absolute Gasteiger partial charge is 0.396 e. The van der Waals surface area contributed by atoms with Gasteiger partial charge >= 0.3 is 6.18 Å². The van der Waals surface area contributed by atoms with Crippen LogP contribution >= 0.6 is 0 Å². The molecule has 2 aliphatic rings. The van der Waals surface area contributed by atoms with Gasteiger partial charge in [-0.15, -0.1) is 0 Å². The first-order chi connectivity index (χ1) is 15.7. The summed E-state index contributed by atoms with van der Waals surface area (Å²) in [5.41, 5.74) is -0.367. The van der Waals surface area contributed by atoms with Crippen molar-refractivity contribution >= 4 is 17.6 Å². The van der Waals surface area contributed by atoms with E-state index in [0.717, 1.165) is 38.2 Å². The maximum absolute atomic E-state index is 14.5. The zero-order valence-corrected chi connectivity index (χ0v) is 18.4. The van der Waals surface area contributed by atoms with Gasteiger partial charge in [0.2, 0.25) is 0 Å². The molecule has 1 aromatic heterocycles. The van der Waals surface area contributed by atoms with Crippen molar-refractivity contribution in [1.82, 2.24) is 4.98 Å². The van der Waals surface area contributed by atoms with E-state index in [9.17, 15) is 22.4 Å². The molecule has 2 heterocycles. The van der Waals surface area contributed by atoms with Crippen LogP contribution in [-0.2, 0) is 6.42 Å². The molecule has 1 amide bonds. The highest BCUT2D eigenvalue weighted by Crippen LogP contribution is 2.32. The van der Waals surface area contributed by atoms with Crippen molar-refractivity contribution in [1.29, 1.82) is 0 Å². The Labute approximate surface area is 189 Å². The van der Waals surface area contributed by atoms with Crippen LogP contribution in [0.25, 0.3) is 0 Å². The second-order valence-electron chi connectivity index (χ2n) is 8.95. The van der Waals surface area contributed by atoms with E-state index in [1.54, 1.807) is 4.90 Å². The van der Waals surface area contributed by atoms with Crippen molar-refractivity contribution < 1.29 is 31.5 Å². The lowest BCUT2D eigenvalue weighted by Crippen LogP contribution is -2.19. The third-order valence-corrected chi connectivity index (χ3v) is 6.11. The number of carbonyl (C=O) groups excluding carboxylic acids is 1. The molecule has 33 heavy (non-hydrogen) atoms. The van der Waals surface area contributed by atoms with Crippen LogP contribution in [0, 0.1) is 17.7 Å². The normalized spacial score (nSPS) is 20.9. The lowest BCUT2D eigenvalue weighted by Gasteiger charge is -2.13. The fourth-order valence-electron chi connectivity index (χ4n) is 4.43. The summed E-state index contributed by atoms with van der Waals surface area (Å²) in [7, 11) is 0. The zero-order valence-electron chi connectivity index (χ0n) is 18.4. The van der Waals surface area contributed by atoms with E-state index >= 15 is 0 Å². The number of anilines is 2. The number of ether oxygens (including phenoxy) is 1. The number of amides is 1. The highest BCUT2D eigenvalue weighted by atomic mass is 19.4. The van der Waals surface area contributed by atoms with Crippen molar-refractivity contribution in [3.63, 3.8) is 0 Å². The van der Waals surface area contributed by atoms with E-state index in [2.05, 4.69) is 17.2 Å². The summed E-state index contributed by atoms with van der Waals surface area (Å²) in [6.07, 6.45) is -1.02. The highest BCUT2D eigenvalue weighted by Gasteiger charge is 2.35. The number of carbonyl (C=O) groups is 1. The van der Waals surface area contributed by atoms with E-state index in [-0.39, 0.29) is 17.5 Å². The molecule has 2 atom stereocenters. The third-order valence-electron chi connectivity index (χ3n) is 6.11. The largest absolute Gasteiger partial charge is 0.490 e. The minimum atomic E-state index is -4.57. The van der Waals surface area contributed by atoms with Gasteiger partial charge in [-0.1, -0.05) is 13.3 Å². The number of hydrogen-bond acceptors (Lipinski definition) is 5. The number of alkyl halides is 3. The van der Waals surface area contributed by atoms with E-state index < -0.39 is 35.8 Å². The van der Waals surface area contributed by atoms with Crippen LogP contribution in [0.2, 0.25) is 0 Å². The first-order valence-electron chi connectivity index (χ1n) is 11.2. The third kappa shape index (κ3) is 5.97. The number of nitrogens with zero attached hydrogens (tertiary/aromatic N) is 2. The molecule has 0 bridgehead atoms. The van der Waals surface area contributed by atoms with E-state index in [0.29, 0.717) is 31.5 Å². The maximum Gasteiger partial charge on any atom is 0.396 e. The molecule has 2 aromatic rings. The summed E-state index contributed by atoms with van der Waals surface area (Å²) in [5, 5.41) is 2.42. The Morgan fingerprint density at radius 3 is 2.67 bits per heavy atom. The van der Waals surface area contributed by atoms with Gasteiger partial charge in [0.1, 0.15) is 12.2 Å². The zero-order chi connectivity index (χ0) is 23.6. The van der Waals surface area contributed by atoms with Crippen LogP contribution in [0.5, 0.6) is 5.75 Å². The number of halogens is 4. The fourth-order valence-corrected chi connectivity index (χ4v) is 4.43. The first-order valence-corrected chi connectivity index (χ1v) is 11.2. The molecule has 1 N–H and O–H groups in total. The molecule has 6 nitrogen and oxygen atoms in total. The predicted molar refractivity (Wildman–Crippen MR) is 114 cm³/mol. The highest BCUT2D eigenvalue weighted by molar-refractivity contribution is 6.03. The summed E-state index contributed by atoms with van der Waals surface area (Å²) < 4.78 is 64.4. The van der Waals surface area contributed by atoms with Gasteiger partial charge < -0.3 is 19.4 Å². The first kappa shape index (κ1) is 23.4. The Morgan fingerprint density at radius 2 is 2.03 bits per heavy atom. The van der Waals surface area contributed by atoms with Gasteiger partial charge in [-0.2, -0.15) is 18.2 Å². The fraction of sp³-hybridized carbons (Fsp3) is 0.565. The Hall–Kier alpha value is -2.78.